The molecule has 2 aliphatic rings. The molecule has 1 saturated heterocycles. The summed E-state index contributed by atoms with van der Waals surface area (Å²) in [5, 5.41) is 9.87. The van der Waals surface area contributed by atoms with E-state index >= 15 is 0 Å². The maximum Gasteiger partial charge on any atom is 0.407 e. The van der Waals surface area contributed by atoms with Crippen LogP contribution in [0.15, 0.2) is 35.9 Å². The standard InChI is InChI=1S/C23H33N3O3/c1-17(15-18-7-5-4-6-8-18)20-16-21(20)26(23(28)29)19-9-12-25(13-10-19)14-11-22(27)24(2)3/h4-8,15,19-21H,9-14,16H2,1-3H3,(H,28,29)/t20-,21+/m0/s1. The molecule has 0 spiro atoms. The molecule has 2 fully saturated rings. The number of carboxylic acid groups (broad SMARTS) is 1. The minimum atomic E-state index is -0.800. The Morgan fingerprint density at radius 2 is 1.83 bits per heavy atom. The van der Waals surface area contributed by atoms with Crippen molar-refractivity contribution in [1.82, 2.24) is 14.7 Å². The van der Waals surface area contributed by atoms with Crippen LogP contribution in [0, 0.1) is 5.92 Å². The number of nitrogens with zero attached hydrogens (tertiary/aromatic N) is 3. The van der Waals surface area contributed by atoms with Crippen molar-refractivity contribution in [3.05, 3.63) is 41.5 Å². The first-order chi connectivity index (χ1) is 13.9. The Hall–Kier alpha value is -2.34. The summed E-state index contributed by atoms with van der Waals surface area (Å²) in [6, 6.07) is 10.4. The number of rotatable bonds is 7. The summed E-state index contributed by atoms with van der Waals surface area (Å²) in [6.45, 7) is 4.57. The van der Waals surface area contributed by atoms with Gasteiger partial charge in [0.2, 0.25) is 5.91 Å². The van der Waals surface area contributed by atoms with Crippen LogP contribution >= 0.6 is 0 Å². The van der Waals surface area contributed by atoms with Crippen molar-refractivity contribution < 1.29 is 14.7 Å². The van der Waals surface area contributed by atoms with Crippen LogP contribution in [-0.4, -0.2) is 77.6 Å². The number of carbonyl (C=O) groups excluding carboxylic acids is 1. The molecule has 1 N–H and O–H groups in total. The van der Waals surface area contributed by atoms with E-state index in [1.165, 1.54) is 5.57 Å². The van der Waals surface area contributed by atoms with E-state index in [0.717, 1.165) is 44.5 Å². The molecular formula is C23H33N3O3. The zero-order chi connectivity index (χ0) is 21.0. The lowest BCUT2D eigenvalue weighted by Crippen LogP contribution is -2.48. The highest BCUT2D eigenvalue weighted by atomic mass is 16.4. The van der Waals surface area contributed by atoms with Gasteiger partial charge in [-0.15, -0.1) is 0 Å². The van der Waals surface area contributed by atoms with E-state index in [1.54, 1.807) is 23.9 Å². The number of likely N-dealkylation sites (tertiary alicyclic amines) is 1. The highest BCUT2D eigenvalue weighted by molar-refractivity contribution is 5.75. The summed E-state index contributed by atoms with van der Waals surface area (Å²) in [4.78, 5) is 29.4. The SMILES string of the molecule is CC(=Cc1ccccc1)[C@@H]1C[C@H]1N(C(=O)O)C1CCN(CCC(=O)N(C)C)CC1. The molecule has 6 heteroatoms. The summed E-state index contributed by atoms with van der Waals surface area (Å²) in [5.74, 6) is 0.461. The quantitative estimate of drug-likeness (QED) is 0.763. The van der Waals surface area contributed by atoms with Gasteiger partial charge in [0.05, 0.1) is 0 Å². The smallest absolute Gasteiger partial charge is 0.407 e. The molecule has 29 heavy (non-hydrogen) atoms. The summed E-state index contributed by atoms with van der Waals surface area (Å²) in [7, 11) is 3.55. The normalized spacial score (nSPS) is 22.9. The van der Waals surface area contributed by atoms with Crippen molar-refractivity contribution in [3.8, 4) is 0 Å². The van der Waals surface area contributed by atoms with Crippen LogP contribution in [0.5, 0.6) is 0 Å². The number of hydrogen-bond donors (Lipinski definition) is 1. The van der Waals surface area contributed by atoms with Crippen molar-refractivity contribution >= 4 is 18.1 Å². The van der Waals surface area contributed by atoms with E-state index in [0.29, 0.717) is 12.3 Å². The number of carbonyl (C=O) groups is 2. The van der Waals surface area contributed by atoms with Crippen molar-refractivity contribution in [1.29, 1.82) is 0 Å². The highest BCUT2D eigenvalue weighted by Gasteiger charge is 2.47. The van der Waals surface area contributed by atoms with Gasteiger partial charge in [0.25, 0.3) is 0 Å². The Morgan fingerprint density at radius 1 is 1.17 bits per heavy atom. The minimum absolute atomic E-state index is 0.0767. The minimum Gasteiger partial charge on any atom is -0.465 e. The molecule has 6 nitrogen and oxygen atoms in total. The molecule has 1 aromatic carbocycles. The van der Waals surface area contributed by atoms with Crippen molar-refractivity contribution in [3.63, 3.8) is 0 Å². The maximum absolute atomic E-state index is 12.0. The molecule has 1 heterocycles. The van der Waals surface area contributed by atoms with Crippen LogP contribution in [0.1, 0.15) is 38.2 Å². The fraction of sp³-hybridized carbons (Fsp3) is 0.565. The van der Waals surface area contributed by atoms with E-state index in [1.807, 2.05) is 18.2 Å². The second kappa shape index (κ2) is 9.44. The Morgan fingerprint density at radius 3 is 2.41 bits per heavy atom. The first kappa shape index (κ1) is 21.4. The van der Waals surface area contributed by atoms with E-state index in [2.05, 4.69) is 30.0 Å². The molecule has 0 radical (unpaired) electrons. The summed E-state index contributed by atoms with van der Waals surface area (Å²) < 4.78 is 0. The average Bonchev–Trinajstić information content (AvgIpc) is 3.48. The van der Waals surface area contributed by atoms with Crippen LogP contribution in [0.4, 0.5) is 4.79 Å². The first-order valence-corrected chi connectivity index (χ1v) is 10.5. The zero-order valence-electron chi connectivity index (χ0n) is 17.8. The molecule has 3 rings (SSSR count). The summed E-state index contributed by atoms with van der Waals surface area (Å²) in [5.41, 5.74) is 2.42. The van der Waals surface area contributed by atoms with Gasteiger partial charge in [-0.25, -0.2) is 4.79 Å². The van der Waals surface area contributed by atoms with Gasteiger partial charge in [-0.1, -0.05) is 42.0 Å². The number of hydrogen-bond acceptors (Lipinski definition) is 3. The van der Waals surface area contributed by atoms with Crippen LogP contribution in [0.2, 0.25) is 0 Å². The molecule has 0 aromatic heterocycles. The lowest BCUT2D eigenvalue weighted by atomic mass is 10.0. The first-order valence-electron chi connectivity index (χ1n) is 10.5. The van der Waals surface area contributed by atoms with E-state index < -0.39 is 6.09 Å². The average molecular weight is 400 g/mol. The Balaban J connectivity index is 1.53. The Kier molecular flexibility index (Phi) is 6.96. The third kappa shape index (κ3) is 5.60. The van der Waals surface area contributed by atoms with E-state index in [9.17, 15) is 14.7 Å². The lowest BCUT2D eigenvalue weighted by Gasteiger charge is -2.37. The molecule has 1 aromatic rings. The summed E-state index contributed by atoms with van der Waals surface area (Å²) in [6.07, 6.45) is 4.49. The van der Waals surface area contributed by atoms with Gasteiger partial charge < -0.3 is 19.8 Å². The number of piperidine rings is 1. The molecule has 0 bridgehead atoms. The molecule has 0 unspecified atom stereocenters. The van der Waals surface area contributed by atoms with Crippen LogP contribution in [-0.2, 0) is 4.79 Å². The summed E-state index contributed by atoms with van der Waals surface area (Å²) >= 11 is 0. The van der Waals surface area contributed by atoms with Crippen LogP contribution < -0.4 is 0 Å². The highest BCUT2D eigenvalue weighted by Crippen LogP contribution is 2.44. The van der Waals surface area contributed by atoms with E-state index in [4.69, 9.17) is 0 Å². The fourth-order valence-electron chi connectivity index (χ4n) is 4.36. The fourth-order valence-corrected chi connectivity index (χ4v) is 4.36. The van der Waals surface area contributed by atoms with Crippen molar-refractivity contribution in [2.45, 2.75) is 44.7 Å². The molecule has 1 aliphatic carbocycles. The topological polar surface area (TPSA) is 64.1 Å². The molecule has 1 aliphatic heterocycles. The monoisotopic (exact) mass is 399 g/mol. The van der Waals surface area contributed by atoms with Gasteiger partial charge in [-0.05, 0) is 31.7 Å². The number of amides is 2. The van der Waals surface area contributed by atoms with Gasteiger partial charge in [-0.2, -0.15) is 0 Å². The Labute approximate surface area is 173 Å². The molecule has 2 atom stereocenters. The Bertz CT molecular complexity index is 739. The number of benzene rings is 1. The predicted octanol–water partition coefficient (Wildman–Crippen LogP) is 3.40. The van der Waals surface area contributed by atoms with Gasteiger partial charge >= 0.3 is 6.09 Å². The van der Waals surface area contributed by atoms with Gasteiger partial charge in [0, 0.05) is 58.2 Å². The van der Waals surface area contributed by atoms with Gasteiger partial charge in [0.15, 0.2) is 0 Å². The second-order valence-corrected chi connectivity index (χ2v) is 8.51. The van der Waals surface area contributed by atoms with Crippen molar-refractivity contribution in [2.24, 2.45) is 5.92 Å². The third-order valence-electron chi connectivity index (χ3n) is 6.20. The van der Waals surface area contributed by atoms with E-state index in [-0.39, 0.29) is 18.0 Å². The molecule has 158 valence electrons. The predicted molar refractivity (Wildman–Crippen MR) is 115 cm³/mol. The lowest BCUT2D eigenvalue weighted by molar-refractivity contribution is -0.129. The van der Waals surface area contributed by atoms with Gasteiger partial charge in [0.1, 0.15) is 0 Å². The molecule has 1 saturated carbocycles. The van der Waals surface area contributed by atoms with Crippen LogP contribution in [0.3, 0.4) is 0 Å². The molecule has 2 amide bonds. The second-order valence-electron chi connectivity index (χ2n) is 8.51. The van der Waals surface area contributed by atoms with Crippen LogP contribution in [0.25, 0.3) is 6.08 Å². The third-order valence-corrected chi connectivity index (χ3v) is 6.20. The zero-order valence-corrected chi connectivity index (χ0v) is 17.8. The largest absolute Gasteiger partial charge is 0.465 e. The molecular weight excluding hydrogens is 366 g/mol. The maximum atomic E-state index is 12.0. The van der Waals surface area contributed by atoms with Gasteiger partial charge in [-0.3, -0.25) is 4.79 Å². The van der Waals surface area contributed by atoms with Crippen molar-refractivity contribution in [2.75, 3.05) is 33.7 Å².